The van der Waals surface area contributed by atoms with E-state index in [0.717, 1.165) is 35.1 Å². The molecule has 12 heteroatoms. The van der Waals surface area contributed by atoms with Gasteiger partial charge in [0.1, 0.15) is 5.56 Å². The molecule has 1 saturated heterocycles. The molecule has 2 aliphatic rings. The molecule has 0 radical (unpaired) electrons. The summed E-state index contributed by atoms with van der Waals surface area (Å²) in [6.07, 6.45) is 3.94. The molecule has 0 bridgehead atoms. The van der Waals surface area contributed by atoms with Crippen LogP contribution in [0.1, 0.15) is 47.3 Å². The molecule has 3 heterocycles. The molecular weight excluding hydrogens is 629 g/mol. The summed E-state index contributed by atoms with van der Waals surface area (Å²) >= 11 is 13.9. The summed E-state index contributed by atoms with van der Waals surface area (Å²) in [6, 6.07) is 14.4. The molecule has 6 rings (SSSR count). The van der Waals surface area contributed by atoms with Crippen LogP contribution in [-0.4, -0.2) is 58.3 Å². The van der Waals surface area contributed by atoms with Crippen molar-refractivity contribution in [2.45, 2.75) is 32.2 Å². The van der Waals surface area contributed by atoms with Gasteiger partial charge in [0.2, 0.25) is 5.88 Å². The van der Waals surface area contributed by atoms with Crippen molar-refractivity contribution in [3.63, 3.8) is 0 Å². The summed E-state index contributed by atoms with van der Waals surface area (Å²) in [6.45, 7) is 3.75. The van der Waals surface area contributed by atoms with Gasteiger partial charge in [-0.15, -0.1) is 0 Å². The molecule has 0 unspecified atom stereocenters. The fourth-order valence-electron chi connectivity index (χ4n) is 6.12. The molecule has 1 atom stereocenters. The van der Waals surface area contributed by atoms with E-state index in [2.05, 4.69) is 21.4 Å². The maximum Gasteiger partial charge on any atom is 0.311 e. The number of benzene rings is 2. The average molecular weight is 663 g/mol. The van der Waals surface area contributed by atoms with Gasteiger partial charge in [-0.25, -0.2) is 9.67 Å². The third-order valence-corrected chi connectivity index (χ3v) is 9.33. The summed E-state index contributed by atoms with van der Waals surface area (Å²) in [5.74, 6) is -0.283. The molecule has 0 spiro atoms. The number of nitrogens with one attached hydrogen (secondary N) is 1. The molecule has 1 N–H and O–H groups in total. The highest BCUT2D eigenvalue weighted by Gasteiger charge is 2.42. The van der Waals surface area contributed by atoms with Crippen LogP contribution in [0.3, 0.4) is 0 Å². The van der Waals surface area contributed by atoms with Crippen LogP contribution >= 0.6 is 23.2 Å². The van der Waals surface area contributed by atoms with Crippen LogP contribution in [0.5, 0.6) is 5.88 Å². The number of aromatic nitrogens is 3. The number of pyridine rings is 1. The summed E-state index contributed by atoms with van der Waals surface area (Å²) in [7, 11) is 3.09. The largest absolute Gasteiger partial charge is 0.481 e. The SMILES string of the molecule is CCCOC(=O)C1CN([C@H]2CCc3cc(-c4cccc(-c5cccc(NC(=O)c6ccnn(C)c6=O)c5Cl)c4Cl)nc(OC)c32)C1. The highest BCUT2D eigenvalue weighted by Crippen LogP contribution is 2.46. The number of nitrogens with zero attached hydrogens (tertiary/aromatic N) is 4. The molecule has 238 valence electrons. The van der Waals surface area contributed by atoms with Crippen molar-refractivity contribution < 1.29 is 19.1 Å². The number of methoxy groups -OCH3 is 1. The second kappa shape index (κ2) is 13.2. The van der Waals surface area contributed by atoms with Crippen molar-refractivity contribution in [2.24, 2.45) is 13.0 Å². The van der Waals surface area contributed by atoms with E-state index in [9.17, 15) is 14.4 Å². The second-order valence-electron chi connectivity index (χ2n) is 11.4. The minimum absolute atomic E-state index is 0.0544. The maximum absolute atomic E-state index is 12.9. The van der Waals surface area contributed by atoms with Crippen molar-refractivity contribution in [3.8, 4) is 28.3 Å². The van der Waals surface area contributed by atoms with Crippen LogP contribution in [0, 0.1) is 5.92 Å². The van der Waals surface area contributed by atoms with Crippen LogP contribution in [0.15, 0.2) is 59.5 Å². The number of esters is 1. The Balaban J connectivity index is 1.27. The first-order chi connectivity index (χ1) is 22.2. The van der Waals surface area contributed by atoms with Crippen LogP contribution < -0.4 is 15.6 Å². The number of ether oxygens (including phenoxy) is 2. The third kappa shape index (κ3) is 5.88. The maximum atomic E-state index is 12.9. The van der Waals surface area contributed by atoms with E-state index >= 15 is 0 Å². The van der Waals surface area contributed by atoms with Gasteiger partial charge in [0.15, 0.2) is 0 Å². The van der Waals surface area contributed by atoms with E-state index in [1.54, 1.807) is 19.2 Å². The summed E-state index contributed by atoms with van der Waals surface area (Å²) < 4.78 is 12.2. The minimum Gasteiger partial charge on any atom is -0.481 e. The van der Waals surface area contributed by atoms with Crippen molar-refractivity contribution in [3.05, 3.63) is 91.8 Å². The smallest absolute Gasteiger partial charge is 0.311 e. The number of carbonyl (C=O) groups is 2. The Morgan fingerprint density at radius 2 is 1.76 bits per heavy atom. The van der Waals surface area contributed by atoms with E-state index < -0.39 is 11.5 Å². The van der Waals surface area contributed by atoms with Gasteiger partial charge in [-0.2, -0.15) is 5.10 Å². The van der Waals surface area contributed by atoms with E-state index in [1.807, 2.05) is 31.2 Å². The lowest BCUT2D eigenvalue weighted by Crippen LogP contribution is -2.51. The first-order valence-electron chi connectivity index (χ1n) is 15.1. The zero-order valence-electron chi connectivity index (χ0n) is 25.7. The van der Waals surface area contributed by atoms with Crippen molar-refractivity contribution in [1.29, 1.82) is 0 Å². The Morgan fingerprint density at radius 1 is 1.04 bits per heavy atom. The highest BCUT2D eigenvalue weighted by atomic mass is 35.5. The summed E-state index contributed by atoms with van der Waals surface area (Å²) in [5, 5.41) is 7.31. The Labute approximate surface area is 276 Å². The van der Waals surface area contributed by atoms with Crippen LogP contribution in [0.2, 0.25) is 10.0 Å². The Morgan fingerprint density at radius 3 is 2.50 bits per heavy atom. The van der Waals surface area contributed by atoms with Crippen LogP contribution in [0.25, 0.3) is 22.4 Å². The fraction of sp³-hybridized carbons (Fsp3) is 0.324. The lowest BCUT2D eigenvalue weighted by atomic mass is 9.95. The van der Waals surface area contributed by atoms with E-state index in [4.69, 9.17) is 37.7 Å². The summed E-state index contributed by atoms with van der Waals surface area (Å²) in [5.41, 5.74) is 4.57. The average Bonchev–Trinajstić information content (AvgIpc) is 3.45. The van der Waals surface area contributed by atoms with Gasteiger partial charge in [-0.3, -0.25) is 19.3 Å². The van der Waals surface area contributed by atoms with Gasteiger partial charge in [-0.05, 0) is 43.0 Å². The lowest BCUT2D eigenvalue weighted by Gasteiger charge is -2.42. The molecule has 1 amide bonds. The van der Waals surface area contributed by atoms with Gasteiger partial charge in [0, 0.05) is 54.6 Å². The van der Waals surface area contributed by atoms with Crippen molar-refractivity contribution in [2.75, 3.05) is 32.1 Å². The number of aryl methyl sites for hydroxylation is 2. The number of hydrogen-bond acceptors (Lipinski definition) is 8. The number of hydrogen-bond donors (Lipinski definition) is 1. The standard InChI is InChI=1S/C34H33Cl2N5O5/c1-4-15-46-34(44)20-17-41(18-20)27-12-11-19-16-26(39-32(45-3)28(19)27)23-9-5-7-21(29(23)35)22-8-6-10-25(30(22)36)38-31(42)24-13-14-37-40(2)33(24)43/h5-10,13-14,16,20,27H,4,11-12,15,17-18H2,1-3H3,(H,38,42)/t27-/m0/s1. The number of amides is 1. The number of halogens is 2. The molecule has 4 aromatic rings. The predicted octanol–water partition coefficient (Wildman–Crippen LogP) is 5.95. The first-order valence-corrected chi connectivity index (χ1v) is 15.9. The lowest BCUT2D eigenvalue weighted by molar-refractivity contribution is -0.155. The summed E-state index contributed by atoms with van der Waals surface area (Å²) in [4.78, 5) is 44.8. The zero-order valence-corrected chi connectivity index (χ0v) is 27.2. The Bertz CT molecular complexity index is 1890. The van der Waals surface area contributed by atoms with Crippen molar-refractivity contribution >= 4 is 40.8 Å². The molecule has 10 nitrogen and oxygen atoms in total. The number of fused-ring (bicyclic) bond motifs is 1. The van der Waals surface area contributed by atoms with Gasteiger partial charge in [0.05, 0.1) is 41.1 Å². The third-order valence-electron chi connectivity index (χ3n) is 8.52. The number of rotatable bonds is 9. The molecule has 46 heavy (non-hydrogen) atoms. The van der Waals surface area contributed by atoms with Crippen LogP contribution in [0.4, 0.5) is 5.69 Å². The van der Waals surface area contributed by atoms with Crippen molar-refractivity contribution in [1.82, 2.24) is 19.7 Å². The normalized spacial score (nSPS) is 16.1. The number of anilines is 1. The van der Waals surface area contributed by atoms with E-state index in [1.165, 1.54) is 19.3 Å². The Kier molecular flexibility index (Phi) is 9.13. The molecule has 0 saturated carbocycles. The Hall–Kier alpha value is -4.25. The quantitative estimate of drug-likeness (QED) is 0.219. The monoisotopic (exact) mass is 661 g/mol. The van der Waals surface area contributed by atoms with Gasteiger partial charge < -0.3 is 14.8 Å². The van der Waals surface area contributed by atoms with E-state index in [0.29, 0.717) is 58.7 Å². The predicted molar refractivity (Wildman–Crippen MR) is 176 cm³/mol. The molecule has 1 fully saturated rings. The molecule has 2 aromatic carbocycles. The fourth-order valence-corrected chi connectivity index (χ4v) is 6.72. The first kappa shape index (κ1) is 31.7. The zero-order chi connectivity index (χ0) is 32.5. The number of carbonyl (C=O) groups excluding carboxylic acids is 2. The molecule has 2 aromatic heterocycles. The van der Waals surface area contributed by atoms with Gasteiger partial charge in [-0.1, -0.05) is 60.5 Å². The van der Waals surface area contributed by atoms with Gasteiger partial charge in [0.25, 0.3) is 11.5 Å². The molecule has 1 aliphatic heterocycles. The molecular formula is C34H33Cl2N5O5. The minimum atomic E-state index is -0.597. The number of likely N-dealkylation sites (tertiary alicyclic amines) is 1. The van der Waals surface area contributed by atoms with Gasteiger partial charge >= 0.3 is 5.97 Å². The van der Waals surface area contributed by atoms with E-state index in [-0.39, 0.29) is 28.5 Å². The second-order valence-corrected chi connectivity index (χ2v) is 12.2. The van der Waals surface area contributed by atoms with Crippen LogP contribution in [-0.2, 0) is 23.0 Å². The topological polar surface area (TPSA) is 116 Å². The molecule has 1 aliphatic carbocycles. The highest BCUT2D eigenvalue weighted by molar-refractivity contribution is 6.39.